The molecule has 8 nitrogen and oxygen atoms in total. The van der Waals surface area contributed by atoms with Gasteiger partial charge in [0.25, 0.3) is 10.2 Å². The molecule has 0 aliphatic carbocycles. The minimum absolute atomic E-state index is 0.0110. The van der Waals surface area contributed by atoms with Crippen molar-refractivity contribution in [2.75, 3.05) is 19.6 Å². The van der Waals surface area contributed by atoms with E-state index in [4.69, 9.17) is 21.5 Å². The molecule has 1 unspecified atom stereocenters. The molecule has 1 heterocycles. The van der Waals surface area contributed by atoms with Gasteiger partial charge >= 0.3 is 13.3 Å². The first-order valence-corrected chi connectivity index (χ1v) is 8.56. The molecule has 0 spiro atoms. The summed E-state index contributed by atoms with van der Waals surface area (Å²) in [7, 11) is -5.53. The Morgan fingerprint density at radius 2 is 1.96 bits per heavy atom. The second-order valence-electron chi connectivity index (χ2n) is 5.65. The van der Waals surface area contributed by atoms with E-state index in [9.17, 15) is 21.6 Å². The Labute approximate surface area is 133 Å². The van der Waals surface area contributed by atoms with Crippen LogP contribution in [0.3, 0.4) is 0 Å². The maximum atomic E-state index is 12.3. The van der Waals surface area contributed by atoms with Gasteiger partial charge in [-0.3, -0.25) is 0 Å². The Hall–Kier alpha value is -0.435. The number of nitrogens with two attached hydrogens (primary N) is 2. The Kier molecular flexibility index (Phi) is 7.25. The fourth-order valence-corrected chi connectivity index (χ4v) is 3.65. The molecule has 1 aliphatic heterocycles. The van der Waals surface area contributed by atoms with Crippen LogP contribution >= 0.6 is 0 Å². The first-order valence-electron chi connectivity index (χ1n) is 7.12. The summed E-state index contributed by atoms with van der Waals surface area (Å²) in [6.45, 7) is -0.888. The molecule has 1 aliphatic rings. The van der Waals surface area contributed by atoms with E-state index < -0.39 is 42.1 Å². The maximum absolute atomic E-state index is 12.3. The molecule has 1 rings (SSSR count). The molecule has 136 valence electrons. The Balaban J connectivity index is 2.52. The summed E-state index contributed by atoms with van der Waals surface area (Å²) in [5.41, 5.74) is 10.7. The zero-order chi connectivity index (χ0) is 17.8. The van der Waals surface area contributed by atoms with Gasteiger partial charge < -0.3 is 21.5 Å². The predicted molar refractivity (Wildman–Crippen MR) is 78.2 cm³/mol. The van der Waals surface area contributed by atoms with Gasteiger partial charge in [-0.15, -0.1) is 0 Å². The van der Waals surface area contributed by atoms with Crippen molar-refractivity contribution in [1.82, 2.24) is 9.03 Å². The lowest BCUT2D eigenvalue weighted by molar-refractivity contribution is -0.145. The summed E-state index contributed by atoms with van der Waals surface area (Å²) in [6.07, 6.45) is -3.59. The summed E-state index contributed by atoms with van der Waals surface area (Å²) < 4.78 is 63.7. The molecule has 1 saturated heterocycles. The highest BCUT2D eigenvalue weighted by molar-refractivity contribution is 7.87. The van der Waals surface area contributed by atoms with Gasteiger partial charge in [-0.1, -0.05) is 6.42 Å². The molecular weight excluding hydrogens is 340 g/mol. The normalized spacial score (nSPS) is 24.8. The van der Waals surface area contributed by atoms with Crippen molar-refractivity contribution >= 4 is 17.3 Å². The van der Waals surface area contributed by atoms with E-state index in [2.05, 4.69) is 0 Å². The van der Waals surface area contributed by atoms with Gasteiger partial charge in [0.15, 0.2) is 0 Å². The Bertz CT molecular complexity index is 479. The van der Waals surface area contributed by atoms with Gasteiger partial charge in [-0.2, -0.15) is 25.9 Å². The second-order valence-corrected chi connectivity index (χ2v) is 7.41. The van der Waals surface area contributed by atoms with Crippen molar-refractivity contribution in [3.05, 3.63) is 0 Å². The topological polar surface area (TPSA) is 142 Å². The van der Waals surface area contributed by atoms with E-state index in [1.165, 1.54) is 0 Å². The molecular formula is C10H22BF3N4O4S. The van der Waals surface area contributed by atoms with E-state index in [-0.39, 0.29) is 25.3 Å². The standard InChI is InChI=1S/C10H22BF3N4O4S/c12-10(13,14)9(16)4-17-23(21,22)18-5-7(8(15)6-18)2-1-3-11(19)20/h7-9,17,19-20H,1-6,15-16H2/t7?,8-,9+/m0/s1. The van der Waals surface area contributed by atoms with Crippen LogP contribution in [0.4, 0.5) is 13.2 Å². The number of hydrogen-bond donors (Lipinski definition) is 5. The summed E-state index contributed by atoms with van der Waals surface area (Å²) in [4.78, 5) is 0. The van der Waals surface area contributed by atoms with Crippen molar-refractivity contribution in [3.8, 4) is 0 Å². The van der Waals surface area contributed by atoms with E-state index in [1.807, 2.05) is 4.72 Å². The molecule has 0 radical (unpaired) electrons. The van der Waals surface area contributed by atoms with Crippen LogP contribution in [0.1, 0.15) is 12.8 Å². The molecule has 1 fully saturated rings. The fourth-order valence-electron chi connectivity index (χ4n) is 2.32. The molecule has 0 aromatic rings. The van der Waals surface area contributed by atoms with Crippen LogP contribution in [-0.4, -0.2) is 67.8 Å². The molecule has 0 bridgehead atoms. The van der Waals surface area contributed by atoms with Gasteiger partial charge in [0.1, 0.15) is 6.04 Å². The molecule has 0 aromatic carbocycles. The molecule has 0 aromatic heterocycles. The van der Waals surface area contributed by atoms with Crippen LogP contribution in [0.15, 0.2) is 0 Å². The van der Waals surface area contributed by atoms with Gasteiger partial charge in [0.05, 0.1) is 0 Å². The SMILES string of the molecule is N[C@H](CNS(=O)(=O)N1CC(CCCB(O)O)[C@@H](N)C1)C(F)(F)F. The average molecular weight is 362 g/mol. The lowest BCUT2D eigenvalue weighted by atomic mass is 9.82. The van der Waals surface area contributed by atoms with Crippen LogP contribution in [0.2, 0.25) is 6.32 Å². The number of rotatable bonds is 8. The third kappa shape index (κ3) is 6.53. The second kappa shape index (κ2) is 8.10. The van der Waals surface area contributed by atoms with Crippen LogP contribution in [-0.2, 0) is 10.2 Å². The summed E-state index contributed by atoms with van der Waals surface area (Å²) in [6, 6.07) is -2.74. The van der Waals surface area contributed by atoms with Gasteiger partial charge in [-0.25, -0.2) is 4.72 Å². The minimum atomic E-state index is -4.68. The quantitative estimate of drug-likeness (QED) is 0.323. The zero-order valence-corrected chi connectivity index (χ0v) is 13.2. The lowest BCUT2D eigenvalue weighted by Gasteiger charge is -2.20. The maximum Gasteiger partial charge on any atom is 0.451 e. The molecule has 23 heavy (non-hydrogen) atoms. The van der Waals surface area contributed by atoms with Crippen LogP contribution in [0.25, 0.3) is 0 Å². The largest absolute Gasteiger partial charge is 0.451 e. The first-order chi connectivity index (χ1) is 10.4. The van der Waals surface area contributed by atoms with Gasteiger partial charge in [-0.05, 0) is 18.7 Å². The fraction of sp³-hybridized carbons (Fsp3) is 1.00. The van der Waals surface area contributed by atoms with E-state index in [1.54, 1.807) is 0 Å². The number of halogens is 3. The van der Waals surface area contributed by atoms with Crippen molar-refractivity contribution in [2.45, 2.75) is 37.4 Å². The summed E-state index contributed by atoms with van der Waals surface area (Å²) >= 11 is 0. The number of alkyl halides is 3. The molecule has 7 N–H and O–H groups in total. The van der Waals surface area contributed by atoms with Gasteiger partial charge in [0, 0.05) is 25.7 Å². The number of nitrogens with one attached hydrogen (secondary N) is 1. The van der Waals surface area contributed by atoms with Gasteiger partial charge in [0.2, 0.25) is 0 Å². The van der Waals surface area contributed by atoms with E-state index >= 15 is 0 Å². The van der Waals surface area contributed by atoms with Crippen LogP contribution < -0.4 is 16.2 Å². The van der Waals surface area contributed by atoms with Crippen LogP contribution in [0.5, 0.6) is 0 Å². The molecule has 13 heteroatoms. The third-order valence-corrected chi connectivity index (χ3v) is 5.25. The van der Waals surface area contributed by atoms with Crippen molar-refractivity contribution in [1.29, 1.82) is 0 Å². The van der Waals surface area contributed by atoms with E-state index in [0.717, 1.165) is 4.31 Å². The number of nitrogens with zero attached hydrogens (tertiary/aromatic N) is 1. The minimum Gasteiger partial charge on any atom is -0.427 e. The highest BCUT2D eigenvalue weighted by Gasteiger charge is 2.40. The first kappa shape index (κ1) is 20.6. The average Bonchev–Trinajstić information content (AvgIpc) is 2.77. The molecule has 0 saturated carbocycles. The highest BCUT2D eigenvalue weighted by Crippen LogP contribution is 2.23. The Morgan fingerprint density at radius 1 is 1.35 bits per heavy atom. The zero-order valence-electron chi connectivity index (χ0n) is 12.4. The molecule has 0 amide bonds. The highest BCUT2D eigenvalue weighted by atomic mass is 32.2. The monoisotopic (exact) mass is 362 g/mol. The third-order valence-electron chi connectivity index (χ3n) is 3.74. The summed E-state index contributed by atoms with van der Waals surface area (Å²) in [5, 5.41) is 17.5. The van der Waals surface area contributed by atoms with Crippen LogP contribution in [0, 0.1) is 5.92 Å². The van der Waals surface area contributed by atoms with Crippen molar-refractivity contribution < 1.29 is 31.6 Å². The smallest absolute Gasteiger partial charge is 0.427 e. The van der Waals surface area contributed by atoms with Crippen molar-refractivity contribution in [2.24, 2.45) is 17.4 Å². The predicted octanol–water partition coefficient (Wildman–Crippen LogP) is -1.78. The number of hydrogen-bond acceptors (Lipinski definition) is 6. The lowest BCUT2D eigenvalue weighted by Crippen LogP contribution is -2.50. The molecule has 3 atom stereocenters. The summed E-state index contributed by atoms with van der Waals surface area (Å²) in [5.74, 6) is -0.193. The van der Waals surface area contributed by atoms with Crippen molar-refractivity contribution in [3.63, 3.8) is 0 Å². The van der Waals surface area contributed by atoms with E-state index in [0.29, 0.717) is 12.8 Å². The Morgan fingerprint density at radius 3 is 2.48 bits per heavy atom.